The summed E-state index contributed by atoms with van der Waals surface area (Å²) in [5, 5.41) is 41.9. The Balaban J connectivity index is 1.54. The lowest BCUT2D eigenvalue weighted by molar-refractivity contribution is -0.0855. The maximum Gasteiger partial charge on any atom is 0.0942 e. The molecule has 4 N–H and O–H groups in total. The highest BCUT2D eigenvalue weighted by molar-refractivity contribution is 5.28. The molecule has 9 atom stereocenters. The van der Waals surface area contributed by atoms with E-state index in [1.54, 1.807) is 0 Å². The van der Waals surface area contributed by atoms with Gasteiger partial charge in [0.15, 0.2) is 0 Å². The molecule has 33 heavy (non-hydrogen) atoms. The van der Waals surface area contributed by atoms with Gasteiger partial charge in [-0.3, -0.25) is 0 Å². The first kappa shape index (κ1) is 25.4. The molecule has 4 fully saturated rings. The zero-order chi connectivity index (χ0) is 24.2. The second kappa shape index (κ2) is 8.76. The fourth-order valence-electron chi connectivity index (χ4n) is 8.43. The Morgan fingerprint density at radius 2 is 1.82 bits per heavy atom. The molecule has 188 valence electrons. The summed E-state index contributed by atoms with van der Waals surface area (Å²) >= 11 is 0. The SMILES string of the molecule is C[C@H](/C=C/[C@H](C)C(C)(C)O)[C@H]1CC[C@H]2/C(=C/[C@@H](CO)[C@]34C[C@H]3CCC4(O)CO)CCC[C@]12C. The van der Waals surface area contributed by atoms with Gasteiger partial charge < -0.3 is 20.4 Å². The van der Waals surface area contributed by atoms with Gasteiger partial charge in [0.1, 0.15) is 0 Å². The predicted octanol–water partition coefficient (Wildman–Crippen LogP) is 4.86. The van der Waals surface area contributed by atoms with Crippen LogP contribution in [0.15, 0.2) is 23.8 Å². The lowest BCUT2D eigenvalue weighted by Crippen LogP contribution is -2.46. The molecule has 4 aliphatic carbocycles. The van der Waals surface area contributed by atoms with Crippen molar-refractivity contribution in [2.24, 2.45) is 46.3 Å². The van der Waals surface area contributed by atoms with Crippen molar-refractivity contribution >= 4 is 0 Å². The van der Waals surface area contributed by atoms with Crippen molar-refractivity contribution in [2.75, 3.05) is 13.2 Å². The van der Waals surface area contributed by atoms with E-state index in [2.05, 4.69) is 39.0 Å². The highest BCUT2D eigenvalue weighted by atomic mass is 16.3. The molecule has 0 saturated heterocycles. The number of rotatable bonds is 8. The monoisotopic (exact) mass is 460 g/mol. The zero-order valence-electron chi connectivity index (χ0n) is 21.6. The lowest BCUT2D eigenvalue weighted by atomic mass is 9.60. The molecular weight excluding hydrogens is 412 g/mol. The fourth-order valence-corrected chi connectivity index (χ4v) is 8.43. The average molecular weight is 461 g/mol. The molecule has 0 spiro atoms. The first-order chi connectivity index (χ1) is 15.4. The van der Waals surface area contributed by atoms with Gasteiger partial charge in [0.05, 0.1) is 17.8 Å². The molecule has 0 bridgehead atoms. The smallest absolute Gasteiger partial charge is 0.0942 e. The van der Waals surface area contributed by atoms with E-state index < -0.39 is 11.2 Å². The molecule has 0 heterocycles. The number of allylic oxidation sites excluding steroid dienone is 2. The first-order valence-electron chi connectivity index (χ1n) is 13.5. The minimum atomic E-state index is -1.03. The normalized spacial score (nSPS) is 44.6. The predicted molar refractivity (Wildman–Crippen MR) is 132 cm³/mol. The van der Waals surface area contributed by atoms with Gasteiger partial charge in [-0.1, -0.05) is 44.6 Å². The van der Waals surface area contributed by atoms with Crippen molar-refractivity contribution in [1.29, 1.82) is 0 Å². The summed E-state index contributed by atoms with van der Waals surface area (Å²) in [6.07, 6.45) is 15.4. The van der Waals surface area contributed by atoms with E-state index in [1.165, 1.54) is 31.3 Å². The minimum absolute atomic E-state index is 0.0523. The number of aliphatic hydroxyl groups is 4. The lowest BCUT2D eigenvalue weighted by Gasteiger charge is -2.45. The number of fused-ring (bicyclic) bond motifs is 2. The minimum Gasteiger partial charge on any atom is -0.396 e. The Morgan fingerprint density at radius 3 is 2.42 bits per heavy atom. The molecule has 0 aromatic heterocycles. The van der Waals surface area contributed by atoms with E-state index in [9.17, 15) is 20.4 Å². The molecule has 0 radical (unpaired) electrons. The molecular formula is C29H48O4. The standard InChI is InChI=1S/C29H48O4/c1-19(8-9-20(2)26(3,4)32)24-10-11-25-21(7-6-13-27(24,25)5)15-23(17-30)29-16-22(29)12-14-28(29,33)18-31/h8-9,15,19-20,22-25,30-33H,6-7,10-14,16-18H2,1-5H3/b9-8+,21-15+/t19-,20+,22-,23+,24-,25+,27-,28?,29+/m1/s1. The Bertz CT molecular complexity index is 781. The van der Waals surface area contributed by atoms with Gasteiger partial charge >= 0.3 is 0 Å². The van der Waals surface area contributed by atoms with Crippen LogP contribution < -0.4 is 0 Å². The molecule has 4 rings (SSSR count). The molecule has 0 amide bonds. The van der Waals surface area contributed by atoms with E-state index in [0.717, 1.165) is 19.3 Å². The van der Waals surface area contributed by atoms with E-state index in [4.69, 9.17) is 0 Å². The zero-order valence-corrected chi connectivity index (χ0v) is 21.6. The summed E-state index contributed by atoms with van der Waals surface area (Å²) in [6, 6.07) is 0. The van der Waals surface area contributed by atoms with Crippen molar-refractivity contribution in [3.05, 3.63) is 23.8 Å². The van der Waals surface area contributed by atoms with Gasteiger partial charge in [-0.05, 0) is 94.3 Å². The summed E-state index contributed by atoms with van der Waals surface area (Å²) in [5.74, 6) is 2.15. The molecule has 4 saturated carbocycles. The van der Waals surface area contributed by atoms with Crippen LogP contribution >= 0.6 is 0 Å². The molecule has 4 nitrogen and oxygen atoms in total. The highest BCUT2D eigenvalue weighted by Crippen LogP contribution is 2.72. The third kappa shape index (κ3) is 4.07. The average Bonchev–Trinajstić information content (AvgIpc) is 3.30. The molecule has 1 unspecified atom stereocenters. The van der Waals surface area contributed by atoms with Crippen LogP contribution in [0.3, 0.4) is 0 Å². The van der Waals surface area contributed by atoms with Crippen molar-refractivity contribution < 1.29 is 20.4 Å². The maximum absolute atomic E-state index is 11.2. The van der Waals surface area contributed by atoms with Crippen LogP contribution in [0.25, 0.3) is 0 Å². The summed E-state index contributed by atoms with van der Waals surface area (Å²) < 4.78 is 0. The van der Waals surface area contributed by atoms with E-state index in [-0.39, 0.29) is 35.9 Å². The van der Waals surface area contributed by atoms with Crippen LogP contribution in [-0.4, -0.2) is 44.8 Å². The van der Waals surface area contributed by atoms with Gasteiger partial charge in [0.2, 0.25) is 0 Å². The fraction of sp³-hybridized carbons (Fsp3) is 0.862. The van der Waals surface area contributed by atoms with Crippen molar-refractivity contribution in [3.8, 4) is 0 Å². The van der Waals surface area contributed by atoms with Crippen LogP contribution in [0.4, 0.5) is 0 Å². The van der Waals surface area contributed by atoms with Crippen molar-refractivity contribution in [1.82, 2.24) is 0 Å². The Hall–Kier alpha value is -0.680. The third-order valence-electron chi connectivity index (χ3n) is 11.0. The summed E-state index contributed by atoms with van der Waals surface area (Å²) in [7, 11) is 0. The van der Waals surface area contributed by atoms with Crippen molar-refractivity contribution in [2.45, 2.75) is 97.2 Å². The van der Waals surface area contributed by atoms with Crippen LogP contribution in [0.5, 0.6) is 0 Å². The Morgan fingerprint density at radius 1 is 1.09 bits per heavy atom. The van der Waals surface area contributed by atoms with Gasteiger partial charge in [0, 0.05) is 23.9 Å². The molecule has 0 aromatic rings. The Kier molecular flexibility index (Phi) is 6.75. The number of hydrogen-bond acceptors (Lipinski definition) is 4. The van der Waals surface area contributed by atoms with Crippen LogP contribution in [-0.2, 0) is 0 Å². The largest absolute Gasteiger partial charge is 0.396 e. The molecule has 0 aromatic carbocycles. The van der Waals surface area contributed by atoms with Gasteiger partial charge in [0.25, 0.3) is 0 Å². The van der Waals surface area contributed by atoms with E-state index in [1.807, 2.05) is 13.8 Å². The van der Waals surface area contributed by atoms with Crippen LogP contribution in [0.2, 0.25) is 0 Å². The third-order valence-corrected chi connectivity index (χ3v) is 11.0. The second-order valence-corrected chi connectivity index (χ2v) is 13.0. The highest BCUT2D eigenvalue weighted by Gasteiger charge is 2.72. The van der Waals surface area contributed by atoms with Crippen LogP contribution in [0.1, 0.15) is 86.0 Å². The number of hydrogen-bond donors (Lipinski definition) is 4. The molecule has 4 aliphatic rings. The first-order valence-corrected chi connectivity index (χ1v) is 13.5. The van der Waals surface area contributed by atoms with E-state index >= 15 is 0 Å². The van der Waals surface area contributed by atoms with E-state index in [0.29, 0.717) is 30.1 Å². The van der Waals surface area contributed by atoms with Crippen LogP contribution in [0, 0.1) is 46.3 Å². The molecule has 4 heteroatoms. The quantitative estimate of drug-likeness (QED) is 0.390. The maximum atomic E-state index is 11.2. The molecule has 0 aliphatic heterocycles. The topological polar surface area (TPSA) is 80.9 Å². The van der Waals surface area contributed by atoms with Gasteiger partial charge in [-0.2, -0.15) is 0 Å². The summed E-state index contributed by atoms with van der Waals surface area (Å²) in [6.45, 7) is 10.5. The van der Waals surface area contributed by atoms with Gasteiger partial charge in [-0.15, -0.1) is 0 Å². The summed E-state index contributed by atoms with van der Waals surface area (Å²) in [5.41, 5.74) is -0.295. The van der Waals surface area contributed by atoms with Crippen molar-refractivity contribution in [3.63, 3.8) is 0 Å². The summed E-state index contributed by atoms with van der Waals surface area (Å²) in [4.78, 5) is 0. The number of aliphatic hydroxyl groups excluding tert-OH is 2. The van der Waals surface area contributed by atoms with Gasteiger partial charge in [-0.25, -0.2) is 0 Å². The second-order valence-electron chi connectivity index (χ2n) is 13.0. The Labute approximate surface area is 201 Å².